The number of hydrogen-bond donors (Lipinski definition) is 3. The van der Waals surface area contributed by atoms with E-state index in [1.165, 1.54) is 0 Å². The molecule has 2 aliphatic rings. The van der Waals surface area contributed by atoms with Crippen LogP contribution in [0.1, 0.15) is 18.7 Å². The SMILES string of the molecule is Cc1nc(N[C@@H]2C[C@@H]3CN(C(=O)Nc4ccn(C)n4)C[C@@H]3C2)c2cc[nH]c2n1. The van der Waals surface area contributed by atoms with E-state index in [0.29, 0.717) is 23.7 Å². The summed E-state index contributed by atoms with van der Waals surface area (Å²) < 4.78 is 1.68. The van der Waals surface area contributed by atoms with Crippen molar-refractivity contribution in [2.45, 2.75) is 25.8 Å². The maximum Gasteiger partial charge on any atom is 0.323 e. The van der Waals surface area contributed by atoms with E-state index in [-0.39, 0.29) is 6.03 Å². The first-order chi connectivity index (χ1) is 13.5. The number of H-pyrrole nitrogens is 1. The van der Waals surface area contributed by atoms with Crippen molar-refractivity contribution >= 4 is 28.7 Å². The van der Waals surface area contributed by atoms with E-state index in [9.17, 15) is 4.79 Å². The molecule has 28 heavy (non-hydrogen) atoms. The Morgan fingerprint density at radius 3 is 2.71 bits per heavy atom. The third kappa shape index (κ3) is 3.06. The molecule has 3 aromatic heterocycles. The molecule has 3 N–H and O–H groups in total. The molecule has 0 bridgehead atoms. The van der Waals surface area contributed by atoms with Gasteiger partial charge in [-0.1, -0.05) is 0 Å². The van der Waals surface area contributed by atoms with Crippen LogP contribution in [0.25, 0.3) is 11.0 Å². The fourth-order valence-corrected chi connectivity index (χ4v) is 4.61. The third-order valence-corrected chi connectivity index (χ3v) is 5.86. The fraction of sp³-hybridized carbons (Fsp3) is 0.474. The molecule has 1 saturated heterocycles. The van der Waals surface area contributed by atoms with E-state index in [1.807, 2.05) is 37.3 Å². The minimum atomic E-state index is -0.0573. The van der Waals surface area contributed by atoms with Crippen molar-refractivity contribution in [3.05, 3.63) is 30.4 Å². The van der Waals surface area contributed by atoms with Crippen LogP contribution in [0.3, 0.4) is 0 Å². The molecule has 146 valence electrons. The first kappa shape index (κ1) is 17.0. The molecular formula is C19H24N8O. The normalized spacial score (nSPS) is 23.9. The zero-order valence-electron chi connectivity index (χ0n) is 16.0. The lowest BCUT2D eigenvalue weighted by atomic mass is 10.0. The average molecular weight is 380 g/mol. The highest BCUT2D eigenvalue weighted by Crippen LogP contribution is 2.39. The van der Waals surface area contributed by atoms with Crippen molar-refractivity contribution in [1.82, 2.24) is 29.6 Å². The minimum Gasteiger partial charge on any atom is -0.367 e. The van der Waals surface area contributed by atoms with Crippen LogP contribution in [0.4, 0.5) is 16.4 Å². The van der Waals surface area contributed by atoms with Gasteiger partial charge in [0.05, 0.1) is 5.39 Å². The molecule has 2 amide bonds. The van der Waals surface area contributed by atoms with Crippen LogP contribution >= 0.6 is 0 Å². The summed E-state index contributed by atoms with van der Waals surface area (Å²) in [6.45, 7) is 3.50. The molecule has 4 heterocycles. The Kier molecular flexibility index (Phi) is 3.96. The molecule has 3 atom stereocenters. The van der Waals surface area contributed by atoms with Gasteiger partial charge in [0.1, 0.15) is 17.3 Å². The van der Waals surface area contributed by atoms with Gasteiger partial charge in [-0.05, 0) is 37.7 Å². The van der Waals surface area contributed by atoms with Crippen molar-refractivity contribution in [3.8, 4) is 0 Å². The number of rotatable bonds is 3. The minimum absolute atomic E-state index is 0.0573. The van der Waals surface area contributed by atoms with Crippen LogP contribution in [0.15, 0.2) is 24.5 Å². The van der Waals surface area contributed by atoms with Crippen LogP contribution in [-0.4, -0.2) is 54.8 Å². The van der Waals surface area contributed by atoms with Crippen LogP contribution in [0.5, 0.6) is 0 Å². The van der Waals surface area contributed by atoms with Gasteiger partial charge in [-0.25, -0.2) is 14.8 Å². The van der Waals surface area contributed by atoms with Crippen LogP contribution in [0.2, 0.25) is 0 Å². The van der Waals surface area contributed by atoms with Gasteiger partial charge in [-0.15, -0.1) is 0 Å². The number of anilines is 2. The van der Waals surface area contributed by atoms with Crippen molar-refractivity contribution < 1.29 is 4.79 Å². The van der Waals surface area contributed by atoms with E-state index >= 15 is 0 Å². The largest absolute Gasteiger partial charge is 0.367 e. The summed E-state index contributed by atoms with van der Waals surface area (Å²) in [4.78, 5) is 26.6. The molecule has 9 nitrogen and oxygen atoms in total. The smallest absolute Gasteiger partial charge is 0.323 e. The summed E-state index contributed by atoms with van der Waals surface area (Å²) in [5.74, 6) is 3.30. The lowest BCUT2D eigenvalue weighted by Gasteiger charge is -2.20. The molecule has 1 saturated carbocycles. The summed E-state index contributed by atoms with van der Waals surface area (Å²) in [5, 5.41) is 11.8. The summed E-state index contributed by atoms with van der Waals surface area (Å²) >= 11 is 0. The Bertz CT molecular complexity index is 1010. The monoisotopic (exact) mass is 380 g/mol. The zero-order valence-corrected chi connectivity index (χ0v) is 16.0. The molecular weight excluding hydrogens is 356 g/mol. The predicted octanol–water partition coefficient (Wildman–Crippen LogP) is 2.35. The topological polar surface area (TPSA) is 104 Å². The van der Waals surface area contributed by atoms with Gasteiger partial charge in [0, 0.05) is 44.6 Å². The number of aryl methyl sites for hydroxylation is 2. The lowest BCUT2D eigenvalue weighted by molar-refractivity contribution is 0.218. The first-order valence-electron chi connectivity index (χ1n) is 9.69. The van der Waals surface area contributed by atoms with E-state index in [1.54, 1.807) is 10.7 Å². The Morgan fingerprint density at radius 1 is 1.21 bits per heavy atom. The standard InChI is InChI=1S/C19H24N8O/c1-11-21-17-15(3-5-20-17)18(22-11)23-14-7-12-9-27(10-13(12)8-14)19(28)24-16-4-6-26(2)25-16/h3-6,12-14H,7-10H2,1-2H3,(H,24,25,28)(H2,20,21,22,23)/t12-,13+,14-. The van der Waals surface area contributed by atoms with Crippen LogP contribution in [0, 0.1) is 18.8 Å². The summed E-state index contributed by atoms with van der Waals surface area (Å²) in [6, 6.07) is 4.14. The van der Waals surface area contributed by atoms with E-state index in [2.05, 4.69) is 30.7 Å². The molecule has 1 aliphatic heterocycles. The van der Waals surface area contributed by atoms with Gasteiger partial charge >= 0.3 is 6.03 Å². The number of aromatic nitrogens is 5. The van der Waals surface area contributed by atoms with Gasteiger partial charge in [0.2, 0.25) is 0 Å². The van der Waals surface area contributed by atoms with Gasteiger partial charge in [-0.3, -0.25) is 10.00 Å². The second-order valence-electron chi connectivity index (χ2n) is 7.90. The third-order valence-electron chi connectivity index (χ3n) is 5.86. The number of likely N-dealkylation sites (tertiary alicyclic amines) is 1. The second kappa shape index (κ2) is 6.50. The molecule has 0 aromatic carbocycles. The quantitative estimate of drug-likeness (QED) is 0.647. The maximum absolute atomic E-state index is 12.5. The van der Waals surface area contributed by atoms with Crippen LogP contribution in [-0.2, 0) is 7.05 Å². The van der Waals surface area contributed by atoms with Gasteiger partial charge < -0.3 is 15.2 Å². The predicted molar refractivity (Wildman–Crippen MR) is 106 cm³/mol. The fourth-order valence-electron chi connectivity index (χ4n) is 4.61. The highest BCUT2D eigenvalue weighted by atomic mass is 16.2. The highest BCUT2D eigenvalue weighted by Gasteiger charge is 2.42. The number of aromatic amines is 1. The molecule has 9 heteroatoms. The van der Waals surface area contributed by atoms with Crippen molar-refractivity contribution in [2.75, 3.05) is 23.7 Å². The summed E-state index contributed by atoms with van der Waals surface area (Å²) in [5.41, 5.74) is 0.866. The van der Waals surface area contributed by atoms with Crippen molar-refractivity contribution in [3.63, 3.8) is 0 Å². The Labute approximate surface area is 162 Å². The summed E-state index contributed by atoms with van der Waals surface area (Å²) in [7, 11) is 1.84. The average Bonchev–Trinajstić information content (AvgIpc) is 3.38. The van der Waals surface area contributed by atoms with Crippen molar-refractivity contribution in [2.24, 2.45) is 18.9 Å². The summed E-state index contributed by atoms with van der Waals surface area (Å²) in [6.07, 6.45) is 5.81. The Morgan fingerprint density at radius 2 is 2.00 bits per heavy atom. The molecule has 0 radical (unpaired) electrons. The van der Waals surface area contributed by atoms with E-state index < -0.39 is 0 Å². The van der Waals surface area contributed by atoms with Gasteiger partial charge in [0.25, 0.3) is 0 Å². The number of amides is 2. The van der Waals surface area contributed by atoms with Crippen molar-refractivity contribution in [1.29, 1.82) is 0 Å². The molecule has 5 rings (SSSR count). The lowest BCUT2D eigenvalue weighted by Crippen LogP contribution is -2.34. The van der Waals surface area contributed by atoms with Gasteiger partial charge in [0.15, 0.2) is 5.82 Å². The maximum atomic E-state index is 12.5. The number of nitrogens with zero attached hydrogens (tertiary/aromatic N) is 5. The first-order valence-corrected chi connectivity index (χ1v) is 9.69. The molecule has 2 fully saturated rings. The molecule has 0 spiro atoms. The molecule has 1 aliphatic carbocycles. The number of carbonyl (C=O) groups excluding carboxylic acids is 1. The highest BCUT2D eigenvalue weighted by molar-refractivity contribution is 5.88. The molecule has 3 aromatic rings. The number of fused-ring (bicyclic) bond motifs is 2. The Hall–Kier alpha value is -3.10. The molecule has 0 unspecified atom stereocenters. The van der Waals surface area contributed by atoms with E-state index in [4.69, 9.17) is 0 Å². The zero-order chi connectivity index (χ0) is 19.3. The van der Waals surface area contributed by atoms with E-state index in [0.717, 1.165) is 48.6 Å². The Balaban J connectivity index is 1.21. The second-order valence-corrected chi connectivity index (χ2v) is 7.90. The number of nitrogens with one attached hydrogen (secondary N) is 3. The van der Waals surface area contributed by atoms with Crippen LogP contribution < -0.4 is 10.6 Å². The number of urea groups is 1. The number of carbonyl (C=O) groups is 1. The van der Waals surface area contributed by atoms with Gasteiger partial charge in [-0.2, -0.15) is 5.10 Å². The number of hydrogen-bond acceptors (Lipinski definition) is 5.